The lowest BCUT2D eigenvalue weighted by Crippen LogP contribution is -2.48. The van der Waals surface area contributed by atoms with E-state index in [1.807, 2.05) is 47.4 Å². The normalized spacial score (nSPS) is 14.6. The van der Waals surface area contributed by atoms with Gasteiger partial charge in [0.1, 0.15) is 18.1 Å². The maximum atomic E-state index is 12.7. The van der Waals surface area contributed by atoms with E-state index in [0.717, 1.165) is 36.7 Å². The van der Waals surface area contributed by atoms with Crippen molar-refractivity contribution in [2.24, 2.45) is 0 Å². The van der Waals surface area contributed by atoms with E-state index in [1.54, 1.807) is 13.2 Å². The molecule has 28 heavy (non-hydrogen) atoms. The minimum absolute atomic E-state index is 0.0512. The van der Waals surface area contributed by atoms with Crippen molar-refractivity contribution in [1.29, 1.82) is 0 Å². The number of hydrogen-bond acceptors (Lipinski definition) is 4. The molecule has 1 aliphatic rings. The van der Waals surface area contributed by atoms with Crippen molar-refractivity contribution >= 4 is 17.5 Å². The summed E-state index contributed by atoms with van der Waals surface area (Å²) in [4.78, 5) is 17.0. The van der Waals surface area contributed by atoms with Crippen molar-refractivity contribution in [3.8, 4) is 11.5 Å². The van der Waals surface area contributed by atoms with Crippen LogP contribution < -0.4 is 9.47 Å². The lowest BCUT2D eigenvalue weighted by atomic mass is 10.1. The molecule has 0 spiro atoms. The van der Waals surface area contributed by atoms with Crippen molar-refractivity contribution in [1.82, 2.24) is 9.80 Å². The zero-order valence-electron chi connectivity index (χ0n) is 16.1. The number of benzene rings is 2. The molecule has 0 bridgehead atoms. The summed E-state index contributed by atoms with van der Waals surface area (Å²) in [5.41, 5.74) is 1.74. The van der Waals surface area contributed by atoms with Gasteiger partial charge in [-0.15, -0.1) is 0 Å². The molecule has 0 atom stereocenters. The molecule has 148 valence electrons. The van der Waals surface area contributed by atoms with E-state index in [4.69, 9.17) is 21.1 Å². The molecular formula is C22H25ClN2O3. The van der Waals surface area contributed by atoms with E-state index in [0.29, 0.717) is 30.3 Å². The molecule has 2 aromatic rings. The van der Waals surface area contributed by atoms with Crippen LogP contribution in [0.15, 0.2) is 55.1 Å². The van der Waals surface area contributed by atoms with Gasteiger partial charge in [0.15, 0.2) is 0 Å². The van der Waals surface area contributed by atoms with Gasteiger partial charge in [-0.1, -0.05) is 24.3 Å². The largest absolute Gasteiger partial charge is 0.496 e. The summed E-state index contributed by atoms with van der Waals surface area (Å²) in [7, 11) is 1.66. The Morgan fingerprint density at radius 3 is 2.50 bits per heavy atom. The molecule has 0 unspecified atom stereocenters. The number of amides is 1. The number of piperazine rings is 1. The maximum Gasteiger partial charge on any atom is 0.253 e. The Morgan fingerprint density at radius 1 is 1.14 bits per heavy atom. The summed E-state index contributed by atoms with van der Waals surface area (Å²) in [6.07, 6.45) is 1.69. The molecule has 0 aliphatic carbocycles. The number of methoxy groups -OCH3 is 1. The Labute approximate surface area is 171 Å². The number of nitrogens with zero attached hydrogens (tertiary/aromatic N) is 2. The van der Waals surface area contributed by atoms with Gasteiger partial charge in [-0.3, -0.25) is 9.69 Å². The standard InChI is InChI=1S/C22H25ClN2O3/c1-3-14-28-20-7-4-17(5-8-20)22(26)25-12-10-24(11-13-25)16-18-15-19(23)6-9-21(18)27-2/h3-9,15H,1,10-14,16H2,2H3. The first kappa shape index (κ1) is 20.2. The highest BCUT2D eigenvalue weighted by Crippen LogP contribution is 2.24. The zero-order chi connectivity index (χ0) is 19.9. The van der Waals surface area contributed by atoms with Gasteiger partial charge >= 0.3 is 0 Å². The molecular weight excluding hydrogens is 376 g/mol. The first-order valence-electron chi connectivity index (χ1n) is 9.28. The fourth-order valence-corrected chi connectivity index (χ4v) is 3.45. The average Bonchev–Trinajstić information content (AvgIpc) is 2.73. The number of carbonyl (C=O) groups is 1. The molecule has 1 saturated heterocycles. The Morgan fingerprint density at radius 2 is 1.86 bits per heavy atom. The second-order valence-electron chi connectivity index (χ2n) is 6.65. The summed E-state index contributed by atoms with van der Waals surface area (Å²) in [6, 6.07) is 12.9. The first-order chi connectivity index (χ1) is 13.6. The highest BCUT2D eigenvalue weighted by Gasteiger charge is 2.23. The van der Waals surface area contributed by atoms with E-state index in [-0.39, 0.29) is 5.91 Å². The van der Waals surface area contributed by atoms with E-state index in [2.05, 4.69) is 11.5 Å². The Bertz CT molecular complexity index is 815. The zero-order valence-corrected chi connectivity index (χ0v) is 16.8. The lowest BCUT2D eigenvalue weighted by molar-refractivity contribution is 0.0627. The van der Waals surface area contributed by atoms with E-state index in [1.165, 1.54) is 0 Å². The highest BCUT2D eigenvalue weighted by atomic mass is 35.5. The minimum Gasteiger partial charge on any atom is -0.496 e. The number of rotatable bonds is 7. The first-order valence-corrected chi connectivity index (χ1v) is 9.66. The molecule has 0 aromatic heterocycles. The van der Waals surface area contributed by atoms with Gasteiger partial charge in [-0.05, 0) is 42.5 Å². The van der Waals surface area contributed by atoms with Crippen molar-refractivity contribution < 1.29 is 14.3 Å². The van der Waals surface area contributed by atoms with Crippen LogP contribution in [0.1, 0.15) is 15.9 Å². The second kappa shape index (κ2) is 9.62. The molecule has 0 N–H and O–H groups in total. The summed E-state index contributed by atoms with van der Waals surface area (Å²) in [5, 5.41) is 0.699. The third-order valence-electron chi connectivity index (χ3n) is 4.77. The summed E-state index contributed by atoms with van der Waals surface area (Å²) in [6.45, 7) is 7.82. The molecule has 2 aromatic carbocycles. The molecule has 1 heterocycles. The third kappa shape index (κ3) is 5.06. The summed E-state index contributed by atoms with van der Waals surface area (Å²) >= 11 is 6.12. The smallest absolute Gasteiger partial charge is 0.253 e. The van der Waals surface area contributed by atoms with Gasteiger partial charge in [0, 0.05) is 48.9 Å². The third-order valence-corrected chi connectivity index (χ3v) is 5.00. The predicted molar refractivity (Wildman–Crippen MR) is 111 cm³/mol. The van der Waals surface area contributed by atoms with E-state index >= 15 is 0 Å². The van der Waals surface area contributed by atoms with Crippen LogP contribution in [0, 0.1) is 0 Å². The Hall–Kier alpha value is -2.50. The van der Waals surface area contributed by atoms with Crippen LogP contribution >= 0.6 is 11.6 Å². The molecule has 0 saturated carbocycles. The van der Waals surface area contributed by atoms with Crippen LogP contribution in [0.5, 0.6) is 11.5 Å². The predicted octanol–water partition coefficient (Wildman–Crippen LogP) is 3.87. The van der Waals surface area contributed by atoms with Gasteiger partial charge in [-0.2, -0.15) is 0 Å². The van der Waals surface area contributed by atoms with Crippen LogP contribution in [0.3, 0.4) is 0 Å². The van der Waals surface area contributed by atoms with E-state index < -0.39 is 0 Å². The van der Waals surface area contributed by atoms with Gasteiger partial charge in [-0.25, -0.2) is 0 Å². The number of ether oxygens (including phenoxy) is 2. The topological polar surface area (TPSA) is 42.0 Å². The number of halogens is 1. The molecule has 1 aliphatic heterocycles. The number of carbonyl (C=O) groups excluding carboxylic acids is 1. The second-order valence-corrected chi connectivity index (χ2v) is 7.09. The molecule has 1 fully saturated rings. The van der Waals surface area contributed by atoms with Crippen LogP contribution in [-0.2, 0) is 6.54 Å². The fourth-order valence-electron chi connectivity index (χ4n) is 3.25. The minimum atomic E-state index is 0.0512. The fraction of sp³-hybridized carbons (Fsp3) is 0.318. The monoisotopic (exact) mass is 400 g/mol. The van der Waals surface area contributed by atoms with Crippen LogP contribution in [0.4, 0.5) is 0 Å². The van der Waals surface area contributed by atoms with E-state index in [9.17, 15) is 4.79 Å². The SMILES string of the molecule is C=CCOc1ccc(C(=O)N2CCN(Cc3cc(Cl)ccc3OC)CC2)cc1. The van der Waals surface area contributed by atoms with Gasteiger partial charge in [0.25, 0.3) is 5.91 Å². The van der Waals surface area contributed by atoms with Crippen molar-refractivity contribution in [3.05, 3.63) is 71.3 Å². The summed E-state index contributed by atoms with van der Waals surface area (Å²) in [5.74, 6) is 1.62. The maximum absolute atomic E-state index is 12.7. The van der Waals surface area contributed by atoms with Gasteiger partial charge in [0.05, 0.1) is 7.11 Å². The van der Waals surface area contributed by atoms with Gasteiger partial charge in [0.2, 0.25) is 0 Å². The van der Waals surface area contributed by atoms with Crippen molar-refractivity contribution in [2.45, 2.75) is 6.54 Å². The van der Waals surface area contributed by atoms with Crippen LogP contribution in [0.2, 0.25) is 5.02 Å². The lowest BCUT2D eigenvalue weighted by Gasteiger charge is -2.35. The van der Waals surface area contributed by atoms with Crippen LogP contribution in [0.25, 0.3) is 0 Å². The summed E-state index contributed by atoms with van der Waals surface area (Å²) < 4.78 is 10.9. The Kier molecular flexibility index (Phi) is 6.95. The van der Waals surface area contributed by atoms with Crippen LogP contribution in [-0.4, -0.2) is 55.6 Å². The molecule has 1 amide bonds. The molecule has 0 radical (unpaired) electrons. The van der Waals surface area contributed by atoms with Crippen molar-refractivity contribution in [2.75, 3.05) is 39.9 Å². The molecule has 3 rings (SSSR count). The average molecular weight is 401 g/mol. The highest BCUT2D eigenvalue weighted by molar-refractivity contribution is 6.30. The molecule has 5 nitrogen and oxygen atoms in total. The van der Waals surface area contributed by atoms with Gasteiger partial charge < -0.3 is 14.4 Å². The molecule has 6 heteroatoms. The Balaban J connectivity index is 1.55. The quantitative estimate of drug-likeness (QED) is 0.661. The number of hydrogen-bond donors (Lipinski definition) is 0. The van der Waals surface area contributed by atoms with Crippen molar-refractivity contribution in [3.63, 3.8) is 0 Å².